The van der Waals surface area contributed by atoms with Crippen LogP contribution in [-0.2, 0) is 0 Å². The molecule has 0 saturated carbocycles. The summed E-state index contributed by atoms with van der Waals surface area (Å²) in [5.41, 5.74) is 2.60. The highest BCUT2D eigenvalue weighted by Gasteiger charge is 2.17. The van der Waals surface area contributed by atoms with Gasteiger partial charge in [0.25, 0.3) is 0 Å². The molecule has 4 aromatic rings. The molecule has 31 heavy (non-hydrogen) atoms. The highest BCUT2D eigenvalue weighted by atomic mass is 35.5. The van der Waals surface area contributed by atoms with Crippen molar-refractivity contribution < 1.29 is 9.47 Å². The van der Waals surface area contributed by atoms with E-state index in [1.807, 2.05) is 61.9 Å². The molecule has 1 N–H and O–H groups in total. The molecule has 4 rings (SSSR count). The largest absolute Gasteiger partial charge is 0.494 e. The van der Waals surface area contributed by atoms with Crippen LogP contribution < -0.4 is 14.8 Å². The summed E-state index contributed by atoms with van der Waals surface area (Å²) in [6.45, 7) is 5.95. The first-order valence-corrected chi connectivity index (χ1v) is 10.2. The molecule has 0 aliphatic rings. The van der Waals surface area contributed by atoms with E-state index in [1.54, 1.807) is 30.3 Å². The molecule has 160 valence electrons. The summed E-state index contributed by atoms with van der Waals surface area (Å²) in [5.74, 6) is 1.62. The van der Waals surface area contributed by atoms with Crippen molar-refractivity contribution in [3.8, 4) is 23.2 Å². The molecular formula is C22H23ClN6O2. The molecule has 0 unspecified atom stereocenters. The smallest absolute Gasteiger partial charge is 0.322 e. The first-order chi connectivity index (χ1) is 14.9. The summed E-state index contributed by atoms with van der Waals surface area (Å²) in [6, 6.07) is 13.4. The minimum Gasteiger partial charge on any atom is -0.494 e. The SMILES string of the molecule is COc1cc(Nc2nc(Oc3ccccc3Cl)n(C(C)C)n2)ccc1-n1cnc(C)c1. The molecule has 0 radical (unpaired) electrons. The number of hydrogen-bond donors (Lipinski definition) is 1. The van der Waals surface area contributed by atoms with E-state index >= 15 is 0 Å². The Balaban J connectivity index is 1.61. The fourth-order valence-corrected chi connectivity index (χ4v) is 3.22. The van der Waals surface area contributed by atoms with E-state index in [0.29, 0.717) is 28.5 Å². The van der Waals surface area contributed by atoms with Crippen LogP contribution in [0.25, 0.3) is 5.69 Å². The van der Waals surface area contributed by atoms with Crippen molar-refractivity contribution >= 4 is 23.2 Å². The quantitative estimate of drug-likeness (QED) is 0.407. The highest BCUT2D eigenvalue weighted by molar-refractivity contribution is 6.32. The van der Waals surface area contributed by atoms with Gasteiger partial charge in [0.1, 0.15) is 11.5 Å². The third kappa shape index (κ3) is 4.49. The zero-order valence-electron chi connectivity index (χ0n) is 17.7. The summed E-state index contributed by atoms with van der Waals surface area (Å²) >= 11 is 6.22. The number of aromatic nitrogens is 5. The van der Waals surface area contributed by atoms with Gasteiger partial charge in [-0.25, -0.2) is 9.67 Å². The summed E-state index contributed by atoms with van der Waals surface area (Å²) in [7, 11) is 1.63. The fourth-order valence-electron chi connectivity index (χ4n) is 3.04. The van der Waals surface area contributed by atoms with Crippen LogP contribution in [0.5, 0.6) is 17.5 Å². The topological polar surface area (TPSA) is 79.0 Å². The maximum atomic E-state index is 6.22. The Labute approximate surface area is 185 Å². The lowest BCUT2D eigenvalue weighted by Gasteiger charge is -2.11. The first kappa shape index (κ1) is 20.7. The van der Waals surface area contributed by atoms with Crippen molar-refractivity contribution in [2.24, 2.45) is 0 Å². The predicted molar refractivity (Wildman–Crippen MR) is 120 cm³/mol. The molecule has 2 aromatic carbocycles. The van der Waals surface area contributed by atoms with Crippen molar-refractivity contribution in [3.05, 3.63) is 65.7 Å². The lowest BCUT2D eigenvalue weighted by Crippen LogP contribution is -2.05. The zero-order chi connectivity index (χ0) is 22.0. The predicted octanol–water partition coefficient (Wildman–Crippen LogP) is 5.55. The van der Waals surface area contributed by atoms with Gasteiger partial charge < -0.3 is 19.4 Å². The normalized spacial score (nSPS) is 11.0. The molecule has 8 nitrogen and oxygen atoms in total. The van der Waals surface area contributed by atoms with Crippen LogP contribution in [0, 0.1) is 6.92 Å². The van der Waals surface area contributed by atoms with Crippen LogP contribution in [0.3, 0.4) is 0 Å². The molecule has 0 saturated heterocycles. The highest BCUT2D eigenvalue weighted by Crippen LogP contribution is 2.31. The van der Waals surface area contributed by atoms with E-state index in [9.17, 15) is 0 Å². The van der Waals surface area contributed by atoms with Gasteiger partial charge in [-0.15, -0.1) is 5.10 Å². The number of rotatable bonds is 7. The van der Waals surface area contributed by atoms with Crippen molar-refractivity contribution in [1.29, 1.82) is 0 Å². The second-order valence-electron chi connectivity index (χ2n) is 7.22. The number of ether oxygens (including phenoxy) is 2. The minimum absolute atomic E-state index is 0.0435. The summed E-state index contributed by atoms with van der Waals surface area (Å²) in [5, 5.41) is 8.26. The number of nitrogens with one attached hydrogen (secondary N) is 1. The Morgan fingerprint density at radius 1 is 1.10 bits per heavy atom. The van der Waals surface area contributed by atoms with E-state index in [1.165, 1.54) is 0 Å². The van der Waals surface area contributed by atoms with Crippen molar-refractivity contribution in [1.82, 2.24) is 24.3 Å². The number of imidazole rings is 1. The zero-order valence-corrected chi connectivity index (χ0v) is 18.5. The van der Waals surface area contributed by atoms with Gasteiger partial charge in [-0.2, -0.15) is 4.98 Å². The molecule has 0 aliphatic heterocycles. The number of halogens is 1. The minimum atomic E-state index is 0.0435. The van der Waals surface area contributed by atoms with Crippen LogP contribution in [-0.4, -0.2) is 31.4 Å². The third-order valence-electron chi connectivity index (χ3n) is 4.55. The average molecular weight is 439 g/mol. The van der Waals surface area contributed by atoms with Crippen molar-refractivity contribution in [3.63, 3.8) is 0 Å². The number of anilines is 2. The molecule has 2 aromatic heterocycles. The van der Waals surface area contributed by atoms with Crippen LogP contribution in [0.1, 0.15) is 25.6 Å². The maximum Gasteiger partial charge on any atom is 0.322 e. The second kappa shape index (κ2) is 8.69. The molecule has 0 amide bonds. The Morgan fingerprint density at radius 3 is 2.58 bits per heavy atom. The van der Waals surface area contributed by atoms with Gasteiger partial charge in [-0.3, -0.25) is 0 Å². The van der Waals surface area contributed by atoms with Gasteiger partial charge in [-0.05, 0) is 45.0 Å². The summed E-state index contributed by atoms with van der Waals surface area (Å²) < 4.78 is 15.1. The second-order valence-corrected chi connectivity index (χ2v) is 7.63. The monoisotopic (exact) mass is 438 g/mol. The van der Waals surface area contributed by atoms with E-state index in [2.05, 4.69) is 20.4 Å². The van der Waals surface area contributed by atoms with E-state index in [-0.39, 0.29) is 6.04 Å². The molecule has 0 aliphatic carbocycles. The van der Waals surface area contributed by atoms with Gasteiger partial charge in [0.15, 0.2) is 0 Å². The van der Waals surface area contributed by atoms with Crippen LogP contribution >= 0.6 is 11.6 Å². The van der Waals surface area contributed by atoms with Gasteiger partial charge in [-0.1, -0.05) is 23.7 Å². The van der Waals surface area contributed by atoms with E-state index in [4.69, 9.17) is 21.1 Å². The Bertz CT molecular complexity index is 1200. The van der Waals surface area contributed by atoms with Crippen molar-refractivity contribution in [2.75, 3.05) is 12.4 Å². The molecule has 0 spiro atoms. The average Bonchev–Trinajstić information content (AvgIpc) is 3.36. The first-order valence-electron chi connectivity index (χ1n) is 9.79. The number of para-hydroxylation sites is 1. The number of benzene rings is 2. The van der Waals surface area contributed by atoms with E-state index in [0.717, 1.165) is 17.1 Å². The molecule has 0 bridgehead atoms. The lowest BCUT2D eigenvalue weighted by molar-refractivity contribution is 0.376. The third-order valence-corrected chi connectivity index (χ3v) is 4.86. The van der Waals surface area contributed by atoms with Gasteiger partial charge in [0.2, 0.25) is 5.95 Å². The molecule has 2 heterocycles. The molecular weight excluding hydrogens is 416 g/mol. The number of nitrogens with zero attached hydrogens (tertiary/aromatic N) is 5. The van der Waals surface area contributed by atoms with E-state index < -0.39 is 0 Å². The summed E-state index contributed by atoms with van der Waals surface area (Å²) in [4.78, 5) is 8.78. The summed E-state index contributed by atoms with van der Waals surface area (Å²) in [6.07, 6.45) is 3.69. The Kier molecular flexibility index (Phi) is 5.81. The number of aryl methyl sites for hydroxylation is 1. The van der Waals surface area contributed by atoms with Crippen molar-refractivity contribution in [2.45, 2.75) is 26.8 Å². The van der Waals surface area contributed by atoms with Gasteiger partial charge >= 0.3 is 6.01 Å². The number of methoxy groups -OCH3 is 1. The molecule has 9 heteroatoms. The molecule has 0 atom stereocenters. The fraction of sp³-hybridized carbons (Fsp3) is 0.227. The maximum absolute atomic E-state index is 6.22. The lowest BCUT2D eigenvalue weighted by atomic mass is 10.2. The van der Waals surface area contributed by atoms with Crippen LogP contribution in [0.2, 0.25) is 5.02 Å². The van der Waals surface area contributed by atoms with Crippen LogP contribution in [0.15, 0.2) is 55.0 Å². The Morgan fingerprint density at radius 2 is 1.90 bits per heavy atom. The van der Waals surface area contributed by atoms with Gasteiger partial charge in [0, 0.05) is 18.0 Å². The number of hydrogen-bond acceptors (Lipinski definition) is 6. The Hall–Kier alpha value is -3.52. The van der Waals surface area contributed by atoms with Gasteiger partial charge in [0.05, 0.1) is 35.9 Å². The standard InChI is InChI=1S/C22H23ClN6O2/c1-14(2)29-22(31-19-8-6-5-7-17(19)23)26-21(27-29)25-16-9-10-18(20(11-16)30-4)28-12-15(3)24-13-28/h5-14H,1-4H3,(H,25,27). The molecule has 0 fully saturated rings. The van der Waals surface area contributed by atoms with Crippen LogP contribution in [0.4, 0.5) is 11.6 Å².